The van der Waals surface area contributed by atoms with Crippen LogP contribution in [0, 0.1) is 0 Å². The van der Waals surface area contributed by atoms with E-state index in [-0.39, 0.29) is 154 Å². The minimum atomic E-state index is -0.945. The normalized spacial score (nSPS) is 14.3. The molecule has 8 N–H and O–H groups in total. The highest BCUT2D eigenvalue weighted by molar-refractivity contribution is 6.13. The summed E-state index contributed by atoms with van der Waals surface area (Å²) in [4.78, 5) is 92.9. The van der Waals surface area contributed by atoms with E-state index in [0.29, 0.717) is 38.9 Å². The summed E-state index contributed by atoms with van der Waals surface area (Å²) in [5.74, 6) is -2.85. The van der Waals surface area contributed by atoms with Gasteiger partial charge in [0, 0.05) is 105 Å². The van der Waals surface area contributed by atoms with Gasteiger partial charge in [0.15, 0.2) is 18.9 Å². The second-order valence-electron chi connectivity index (χ2n) is 15.7. The third-order valence-electron chi connectivity index (χ3n) is 9.95. The molecule has 0 aromatic rings. The molecule has 5 amide bonds. The molecule has 1 rings (SSSR count). The molecular formula is C47H84N4O23. The van der Waals surface area contributed by atoms with Crippen LogP contribution in [-0.2, 0) is 80.9 Å². The number of aliphatic hydroxyl groups excluding tert-OH is 4. The molecule has 6 unspecified atom stereocenters. The number of carbonyl (C=O) groups excluding carboxylic acids is 7. The average Bonchev–Trinajstić information content (AvgIpc) is 3.72. The third-order valence-corrected chi connectivity index (χ3v) is 9.95. The number of methoxy groups -OCH3 is 3. The van der Waals surface area contributed by atoms with Crippen LogP contribution in [0.1, 0.15) is 91.4 Å². The van der Waals surface area contributed by atoms with Crippen molar-refractivity contribution in [2.24, 2.45) is 0 Å². The first-order valence-corrected chi connectivity index (χ1v) is 24.5. The summed E-state index contributed by atoms with van der Waals surface area (Å²) in [6.07, 6.45) is 1.59. The Morgan fingerprint density at radius 1 is 0.541 bits per heavy atom. The maximum Gasteiger partial charge on any atom is 0.407 e. The van der Waals surface area contributed by atoms with Crippen LogP contribution in [0.2, 0.25) is 0 Å². The number of hydrogen-bond donors (Lipinski definition) is 8. The van der Waals surface area contributed by atoms with Gasteiger partial charge in [-0.2, -0.15) is 0 Å². The number of nitrogens with zero attached hydrogens (tertiary/aromatic N) is 1. The number of imide groups is 1. The molecule has 0 bridgehead atoms. The number of hydrogen-bond acceptors (Lipinski definition) is 22. The van der Waals surface area contributed by atoms with Crippen molar-refractivity contribution >= 4 is 47.4 Å². The molecule has 0 aromatic heterocycles. The van der Waals surface area contributed by atoms with Gasteiger partial charge >= 0.3 is 18.0 Å². The van der Waals surface area contributed by atoms with Crippen molar-refractivity contribution in [2.75, 3.05) is 114 Å². The predicted octanol–water partition coefficient (Wildman–Crippen LogP) is -0.534. The van der Waals surface area contributed by atoms with Gasteiger partial charge in [0.2, 0.25) is 11.8 Å². The van der Waals surface area contributed by atoms with Crippen LogP contribution in [0.15, 0.2) is 12.2 Å². The number of aliphatic carboxylic acids is 1. The summed E-state index contributed by atoms with van der Waals surface area (Å²) in [5, 5.41) is 51.6. The number of carboxylic acids is 1. The lowest BCUT2D eigenvalue weighted by Gasteiger charge is -2.21. The highest BCUT2D eigenvalue weighted by atomic mass is 16.7. The van der Waals surface area contributed by atoms with Gasteiger partial charge in [0.05, 0.1) is 64.6 Å². The average molecular weight is 1070 g/mol. The maximum absolute atomic E-state index is 11.9. The molecular weight excluding hydrogens is 989 g/mol. The van der Waals surface area contributed by atoms with E-state index < -0.39 is 54.8 Å². The van der Waals surface area contributed by atoms with Crippen LogP contribution in [0.3, 0.4) is 0 Å². The van der Waals surface area contributed by atoms with E-state index in [1.54, 1.807) is 0 Å². The molecule has 430 valence electrons. The highest BCUT2D eigenvalue weighted by Gasteiger charge is 2.24. The number of ketones is 1. The van der Waals surface area contributed by atoms with Crippen molar-refractivity contribution in [3.05, 3.63) is 12.2 Å². The number of ether oxygens (including phenoxy) is 10. The summed E-state index contributed by atoms with van der Waals surface area (Å²) in [7, 11) is 4.25. The largest absolute Gasteiger partial charge is 0.481 e. The lowest BCUT2D eigenvalue weighted by Crippen LogP contribution is -2.37. The third kappa shape index (κ3) is 39.7. The fraction of sp³-hybridized carbons (Fsp3) is 0.787. The van der Waals surface area contributed by atoms with Gasteiger partial charge in [0.1, 0.15) is 19.0 Å². The minimum Gasteiger partial charge on any atom is -0.481 e. The van der Waals surface area contributed by atoms with Gasteiger partial charge in [-0.05, 0) is 32.1 Å². The maximum atomic E-state index is 11.9. The zero-order valence-corrected chi connectivity index (χ0v) is 43.8. The smallest absolute Gasteiger partial charge is 0.407 e. The molecule has 74 heavy (non-hydrogen) atoms. The molecule has 0 aromatic carbocycles. The Morgan fingerprint density at radius 3 is 1.50 bits per heavy atom. The number of nitrogens with one attached hydrogen (secondary N) is 3. The first-order chi connectivity index (χ1) is 35.5. The van der Waals surface area contributed by atoms with E-state index in [1.807, 2.05) is 20.8 Å². The number of Topliss-reactive ketones (excluding diaryl/α,β-unsaturated/α-hetero) is 1. The summed E-state index contributed by atoms with van der Waals surface area (Å²) in [6, 6.07) is 0. The summed E-state index contributed by atoms with van der Waals surface area (Å²) < 4.78 is 51.3. The fourth-order valence-electron chi connectivity index (χ4n) is 5.49. The van der Waals surface area contributed by atoms with Crippen LogP contribution >= 0.6 is 0 Å². The van der Waals surface area contributed by atoms with Crippen molar-refractivity contribution in [3.63, 3.8) is 0 Å². The Hall–Kier alpha value is -4.78. The highest BCUT2D eigenvalue weighted by Crippen LogP contribution is 2.08. The molecule has 1 heterocycles. The van der Waals surface area contributed by atoms with Gasteiger partial charge in [0.25, 0.3) is 11.8 Å². The summed E-state index contributed by atoms with van der Waals surface area (Å²) >= 11 is 0. The van der Waals surface area contributed by atoms with Crippen molar-refractivity contribution < 1.29 is 111 Å². The minimum absolute atomic E-state index is 0.0167. The molecule has 0 saturated carbocycles. The van der Waals surface area contributed by atoms with E-state index in [2.05, 4.69) is 16.0 Å². The number of carbonyl (C=O) groups is 8. The molecule has 0 radical (unpaired) electrons. The van der Waals surface area contributed by atoms with E-state index >= 15 is 0 Å². The Morgan fingerprint density at radius 2 is 1.03 bits per heavy atom. The number of aliphatic hydroxyl groups is 4. The van der Waals surface area contributed by atoms with Crippen LogP contribution in [-0.4, -0.2) is 229 Å². The number of amides is 5. The second kappa shape index (κ2) is 47.9. The Kier molecular flexibility index (Phi) is 46.1. The van der Waals surface area contributed by atoms with Crippen molar-refractivity contribution in [1.29, 1.82) is 0 Å². The zero-order valence-electron chi connectivity index (χ0n) is 43.8. The molecule has 6 atom stereocenters. The quantitative estimate of drug-likeness (QED) is 0.0165. The SMILES string of the molecule is CCC(CO)OC(CO)OC.CCC(CO)OC(COC(=O)CCCC(=O)O)OC.CCC(CO)OC(COC(=O)NCCC(=O)NCCNC(=O)CCOCCOCCCC(=O)CCN1C(=O)C=CC1=O)OC. The lowest BCUT2D eigenvalue weighted by atomic mass is 10.1. The van der Waals surface area contributed by atoms with Crippen LogP contribution in [0.25, 0.3) is 0 Å². The Balaban J connectivity index is 0. The molecule has 0 aliphatic carbocycles. The number of carboxylic acid groups (broad SMARTS) is 1. The summed E-state index contributed by atoms with van der Waals surface area (Å²) in [6.45, 7) is 6.50. The van der Waals surface area contributed by atoms with Crippen LogP contribution in [0.5, 0.6) is 0 Å². The standard InChI is InChI=1S/C28H46N4O12.C12H22O7.C7H16O4/c1-3-22(19-33)44-27(40-2)20-43-28(39)31-11-8-23(35)29-12-13-30-24(36)10-16-42-18-17-41-15-4-5-21(34)9-14-32-25(37)6-7-26(32)38;1-3-9(7-13)19-12(17-2)8-18-11(16)6-4-5-10(14)15;1-3-6(4-8)11-7(5-9)10-2/h6-7,22,27,33H,3-5,8-20H2,1-2H3,(H,29,35)(H,30,36)(H,31,39);9,12-13H,3-8H2,1-2H3,(H,14,15);6-9H,3-5H2,1-2H3. The predicted molar refractivity (Wildman–Crippen MR) is 260 cm³/mol. The molecule has 1 aliphatic heterocycles. The zero-order chi connectivity index (χ0) is 55.9. The molecule has 0 spiro atoms. The van der Waals surface area contributed by atoms with E-state index in [9.17, 15) is 38.4 Å². The topological polar surface area (TPSA) is 369 Å². The van der Waals surface area contributed by atoms with Crippen LogP contribution in [0.4, 0.5) is 4.79 Å². The van der Waals surface area contributed by atoms with Crippen molar-refractivity contribution in [1.82, 2.24) is 20.9 Å². The van der Waals surface area contributed by atoms with Gasteiger partial charge in [-0.25, -0.2) is 4.79 Å². The van der Waals surface area contributed by atoms with E-state index in [1.165, 1.54) is 33.5 Å². The molecule has 27 nitrogen and oxygen atoms in total. The van der Waals surface area contributed by atoms with Gasteiger partial charge < -0.3 is 88.9 Å². The molecule has 0 saturated heterocycles. The molecule has 27 heteroatoms. The second-order valence-corrected chi connectivity index (χ2v) is 15.7. The lowest BCUT2D eigenvalue weighted by molar-refractivity contribution is -0.194. The Labute approximate surface area is 433 Å². The van der Waals surface area contributed by atoms with Gasteiger partial charge in [-0.3, -0.25) is 38.5 Å². The molecule has 0 fully saturated rings. The Bertz CT molecular complexity index is 1530. The van der Waals surface area contributed by atoms with Crippen LogP contribution < -0.4 is 16.0 Å². The fourth-order valence-corrected chi connectivity index (χ4v) is 5.49. The van der Waals surface area contributed by atoms with E-state index in [4.69, 9.17) is 72.9 Å². The van der Waals surface area contributed by atoms with Gasteiger partial charge in [-0.15, -0.1) is 0 Å². The number of rotatable bonds is 43. The van der Waals surface area contributed by atoms with Crippen molar-refractivity contribution in [3.8, 4) is 0 Å². The number of alkyl carbamates (subject to hydrolysis) is 1. The first-order valence-electron chi connectivity index (χ1n) is 24.5. The molecule has 1 aliphatic rings. The van der Waals surface area contributed by atoms with E-state index in [0.717, 1.165) is 4.90 Å². The monoisotopic (exact) mass is 1070 g/mol. The summed E-state index contributed by atoms with van der Waals surface area (Å²) in [5.41, 5.74) is 0. The van der Waals surface area contributed by atoms with Crippen molar-refractivity contribution in [2.45, 2.75) is 129 Å². The first kappa shape index (κ1) is 71.3. The number of esters is 1. The van der Waals surface area contributed by atoms with Gasteiger partial charge in [-0.1, -0.05) is 20.8 Å².